The number of aryl methyl sites for hydroxylation is 1. The zero-order valence-electron chi connectivity index (χ0n) is 20.8. The van der Waals surface area contributed by atoms with Gasteiger partial charge in [0.25, 0.3) is 11.5 Å². The number of methoxy groups -OCH3 is 1. The average molecular weight is 530 g/mol. The van der Waals surface area contributed by atoms with Crippen molar-refractivity contribution in [3.05, 3.63) is 68.4 Å². The van der Waals surface area contributed by atoms with Gasteiger partial charge in [-0.2, -0.15) is 0 Å². The van der Waals surface area contributed by atoms with Crippen molar-refractivity contribution in [2.24, 2.45) is 7.05 Å². The van der Waals surface area contributed by atoms with E-state index in [2.05, 4.69) is 10.4 Å². The Morgan fingerprint density at radius 3 is 2.22 bits per heavy atom. The third-order valence-electron chi connectivity index (χ3n) is 6.57. The smallest absolute Gasteiger partial charge is 0.480 e. The van der Waals surface area contributed by atoms with Gasteiger partial charge in [-0.3, -0.25) is 9.59 Å². The molecule has 11 heteroatoms. The van der Waals surface area contributed by atoms with Gasteiger partial charge in [-0.1, -0.05) is 53.5 Å². The maximum Gasteiger partial charge on any atom is 0.496 e. The van der Waals surface area contributed by atoms with Crippen molar-refractivity contribution in [1.29, 1.82) is 0 Å². The molecule has 1 aliphatic rings. The summed E-state index contributed by atoms with van der Waals surface area (Å²) in [5.74, 6) is -0.513. The Morgan fingerprint density at radius 2 is 1.61 bits per heavy atom. The van der Waals surface area contributed by atoms with Crippen LogP contribution in [-0.4, -0.2) is 41.1 Å². The Bertz CT molecular complexity index is 1390. The van der Waals surface area contributed by atoms with Crippen LogP contribution in [0.3, 0.4) is 0 Å². The fourth-order valence-electron chi connectivity index (χ4n) is 3.78. The Morgan fingerprint density at radius 1 is 1.03 bits per heavy atom. The summed E-state index contributed by atoms with van der Waals surface area (Å²) in [6.07, 6.45) is 0. The maximum atomic E-state index is 12.9. The summed E-state index contributed by atoms with van der Waals surface area (Å²) in [7, 11) is 2.18. The van der Waals surface area contributed by atoms with E-state index in [9.17, 15) is 9.59 Å². The van der Waals surface area contributed by atoms with Crippen molar-refractivity contribution in [1.82, 2.24) is 9.78 Å². The molecular weight excluding hydrogens is 504 g/mol. The molecular formula is C25H26BCl2N3O5. The molecule has 1 saturated heterocycles. The van der Waals surface area contributed by atoms with Crippen molar-refractivity contribution >= 4 is 47.4 Å². The Balaban J connectivity index is 1.69. The molecule has 0 atom stereocenters. The fourth-order valence-corrected chi connectivity index (χ4v) is 4.37. The van der Waals surface area contributed by atoms with Gasteiger partial charge in [-0.25, -0.2) is 4.68 Å². The van der Waals surface area contributed by atoms with E-state index in [1.165, 1.54) is 20.2 Å². The van der Waals surface area contributed by atoms with Gasteiger partial charge >= 0.3 is 7.12 Å². The first-order valence-corrected chi connectivity index (χ1v) is 12.0. The van der Waals surface area contributed by atoms with Gasteiger partial charge in [0, 0.05) is 34.7 Å². The summed E-state index contributed by atoms with van der Waals surface area (Å²) < 4.78 is 18.5. The molecule has 36 heavy (non-hydrogen) atoms. The zero-order valence-corrected chi connectivity index (χ0v) is 22.3. The molecule has 1 fully saturated rings. The molecule has 3 aromatic rings. The number of hydrogen-bond acceptors (Lipinski definition) is 6. The topological polar surface area (TPSA) is 91.7 Å². The van der Waals surface area contributed by atoms with Gasteiger partial charge in [0.2, 0.25) is 5.88 Å². The highest BCUT2D eigenvalue weighted by Crippen LogP contribution is 2.40. The van der Waals surface area contributed by atoms with Gasteiger partial charge in [-0.15, -0.1) is 5.10 Å². The predicted octanol–water partition coefficient (Wildman–Crippen LogP) is 4.31. The number of aromatic nitrogens is 2. The molecule has 1 amide bonds. The molecule has 1 N–H and O–H groups in total. The first-order chi connectivity index (χ1) is 16.9. The van der Waals surface area contributed by atoms with Crippen LogP contribution in [0.5, 0.6) is 5.88 Å². The SMILES string of the molecule is COc1cc(C(=O)Nc2cccc(-c3cccc(B4OC(C)(C)C(C)(C)O4)c3Cl)c2Cl)c(=O)n(C)n1. The monoisotopic (exact) mass is 529 g/mol. The maximum absolute atomic E-state index is 12.9. The number of nitrogens with one attached hydrogen (secondary N) is 1. The van der Waals surface area contributed by atoms with Crippen molar-refractivity contribution in [2.45, 2.75) is 38.9 Å². The van der Waals surface area contributed by atoms with Crippen molar-refractivity contribution in [3.63, 3.8) is 0 Å². The van der Waals surface area contributed by atoms with E-state index in [4.69, 9.17) is 37.2 Å². The molecule has 0 aliphatic carbocycles. The van der Waals surface area contributed by atoms with Crippen LogP contribution in [-0.2, 0) is 16.4 Å². The number of benzene rings is 2. The van der Waals surface area contributed by atoms with Crippen molar-refractivity contribution in [2.75, 3.05) is 12.4 Å². The quantitative estimate of drug-likeness (QED) is 0.495. The lowest BCUT2D eigenvalue weighted by atomic mass is 9.77. The number of nitrogens with zero attached hydrogens (tertiary/aromatic N) is 2. The number of carbonyl (C=O) groups is 1. The van der Waals surface area contributed by atoms with Crippen LogP contribution in [0.2, 0.25) is 10.0 Å². The molecule has 0 saturated carbocycles. The molecule has 0 spiro atoms. The van der Waals surface area contributed by atoms with E-state index in [-0.39, 0.29) is 16.5 Å². The number of amides is 1. The van der Waals surface area contributed by atoms with Crippen LogP contribution in [0.15, 0.2) is 47.3 Å². The van der Waals surface area contributed by atoms with Crippen LogP contribution in [0.4, 0.5) is 5.69 Å². The summed E-state index contributed by atoms with van der Waals surface area (Å²) >= 11 is 13.6. The number of halogens is 2. The van der Waals surface area contributed by atoms with Gasteiger partial charge in [0.05, 0.1) is 29.0 Å². The van der Waals surface area contributed by atoms with E-state index in [0.717, 1.165) is 4.68 Å². The Labute approximate surface area is 219 Å². The largest absolute Gasteiger partial charge is 0.496 e. The number of ether oxygens (including phenoxy) is 1. The normalized spacial score (nSPS) is 16.2. The first kappa shape index (κ1) is 26.2. The highest BCUT2D eigenvalue weighted by molar-refractivity contribution is 6.66. The van der Waals surface area contributed by atoms with Gasteiger partial charge in [-0.05, 0) is 33.8 Å². The third-order valence-corrected chi connectivity index (χ3v) is 7.40. The lowest BCUT2D eigenvalue weighted by Crippen LogP contribution is -2.41. The van der Waals surface area contributed by atoms with Crippen molar-refractivity contribution in [3.8, 4) is 17.0 Å². The standard InChI is InChI=1S/C25H26BCl2N3O5/c1-24(2)25(3,4)36-26(35-24)17-11-7-9-14(20(17)27)15-10-8-12-18(21(15)28)29-22(32)16-13-19(34-6)30-31(5)23(16)33/h7-13H,1-6H3,(H,29,32). The van der Waals surface area contributed by atoms with Crippen LogP contribution >= 0.6 is 23.2 Å². The number of rotatable bonds is 5. The van der Waals surface area contributed by atoms with E-state index in [1.54, 1.807) is 18.2 Å². The number of carbonyl (C=O) groups excluding carboxylic acids is 1. The van der Waals surface area contributed by atoms with E-state index in [1.807, 2.05) is 45.9 Å². The minimum atomic E-state index is -0.651. The third kappa shape index (κ3) is 4.64. The van der Waals surface area contributed by atoms with E-state index < -0.39 is 29.8 Å². The van der Waals surface area contributed by atoms with Crippen LogP contribution < -0.4 is 21.1 Å². The van der Waals surface area contributed by atoms with E-state index in [0.29, 0.717) is 27.3 Å². The molecule has 188 valence electrons. The van der Waals surface area contributed by atoms with Crippen LogP contribution in [0, 0.1) is 0 Å². The summed E-state index contributed by atoms with van der Waals surface area (Å²) in [5.41, 5.74) is 0.478. The minimum Gasteiger partial charge on any atom is -0.480 e. The molecule has 0 bridgehead atoms. The molecule has 1 aliphatic heterocycles. The molecule has 0 unspecified atom stereocenters. The lowest BCUT2D eigenvalue weighted by Gasteiger charge is -2.32. The molecule has 2 heterocycles. The molecule has 8 nitrogen and oxygen atoms in total. The summed E-state index contributed by atoms with van der Waals surface area (Å²) in [6.45, 7) is 7.89. The van der Waals surface area contributed by atoms with Gasteiger partial charge in [0.1, 0.15) is 5.56 Å². The summed E-state index contributed by atoms with van der Waals surface area (Å²) in [6, 6.07) is 12.0. The van der Waals surface area contributed by atoms with Crippen LogP contribution in [0.1, 0.15) is 38.1 Å². The second-order valence-corrected chi connectivity index (χ2v) is 10.2. The molecule has 2 aromatic carbocycles. The molecule has 4 rings (SSSR count). The minimum absolute atomic E-state index is 0.133. The van der Waals surface area contributed by atoms with Gasteiger partial charge < -0.3 is 19.4 Å². The zero-order chi connectivity index (χ0) is 26.4. The first-order valence-electron chi connectivity index (χ1n) is 11.2. The summed E-state index contributed by atoms with van der Waals surface area (Å²) in [5, 5.41) is 7.31. The number of hydrogen-bond donors (Lipinski definition) is 1. The fraction of sp³-hybridized carbons (Fsp3) is 0.320. The lowest BCUT2D eigenvalue weighted by molar-refractivity contribution is 0.00578. The Kier molecular flexibility index (Phi) is 6.96. The predicted molar refractivity (Wildman–Crippen MR) is 142 cm³/mol. The highest BCUT2D eigenvalue weighted by atomic mass is 35.5. The second-order valence-electron chi connectivity index (χ2n) is 9.45. The Hall–Kier alpha value is -2.85. The van der Waals surface area contributed by atoms with E-state index >= 15 is 0 Å². The number of anilines is 1. The average Bonchev–Trinajstić information content (AvgIpc) is 3.03. The highest BCUT2D eigenvalue weighted by Gasteiger charge is 2.52. The van der Waals surface area contributed by atoms with Crippen molar-refractivity contribution < 1.29 is 18.8 Å². The molecule has 1 aromatic heterocycles. The van der Waals surface area contributed by atoms with Crippen LogP contribution in [0.25, 0.3) is 11.1 Å². The molecule has 0 radical (unpaired) electrons. The summed E-state index contributed by atoms with van der Waals surface area (Å²) in [4.78, 5) is 25.4. The second kappa shape index (κ2) is 9.55. The van der Waals surface area contributed by atoms with Gasteiger partial charge in [0.15, 0.2) is 0 Å².